The number of aryl methyl sites for hydroxylation is 2. The average molecular weight is 475 g/mol. The summed E-state index contributed by atoms with van der Waals surface area (Å²) >= 11 is 13.6. The number of H-pyrrole nitrogens is 1. The smallest absolute Gasteiger partial charge is 0.269 e. The molecule has 1 aliphatic rings. The van der Waals surface area contributed by atoms with Crippen molar-refractivity contribution in [2.75, 3.05) is 38.3 Å². The van der Waals surface area contributed by atoms with Crippen LogP contribution < -0.4 is 10.2 Å². The van der Waals surface area contributed by atoms with Gasteiger partial charge in [0.25, 0.3) is 5.91 Å². The van der Waals surface area contributed by atoms with E-state index >= 15 is 0 Å². The minimum absolute atomic E-state index is 0.209. The first kappa shape index (κ1) is 23.0. The predicted octanol–water partition coefficient (Wildman–Crippen LogP) is 3.25. The number of rotatable bonds is 8. The second-order valence-electron chi connectivity index (χ2n) is 7.03. The Morgan fingerprint density at radius 3 is 2.73 bits per heavy atom. The van der Waals surface area contributed by atoms with E-state index in [1.807, 2.05) is 6.92 Å². The Bertz CT molecular complexity index is 917. The number of hydrogen-bond acceptors (Lipinski definition) is 7. The fraction of sp³-hybridized carbons (Fsp3) is 0.526. The molecule has 2 aromatic heterocycles. The molecule has 1 aliphatic heterocycles. The molecule has 3 heterocycles. The van der Waals surface area contributed by atoms with Gasteiger partial charge in [0.2, 0.25) is 0 Å². The standard InChI is InChI=1S/C19H24Cl2N4O4S/c1-10-14(9-26)30-19(23-10)25-5-4-12(13(8-25)29-7-6-28-3)24-18(27)17-16(21)15(20)11(2)22-17/h9,12-13,22H,4-8H2,1-3H3,(H,24,27). The van der Waals surface area contributed by atoms with Crippen LogP contribution >= 0.6 is 34.5 Å². The zero-order valence-electron chi connectivity index (χ0n) is 17.0. The average Bonchev–Trinajstić information content (AvgIpc) is 3.23. The highest BCUT2D eigenvalue weighted by Gasteiger charge is 2.33. The van der Waals surface area contributed by atoms with Crippen LogP contribution in [0.5, 0.6) is 0 Å². The molecule has 3 rings (SSSR count). The van der Waals surface area contributed by atoms with E-state index in [1.54, 1.807) is 14.0 Å². The molecule has 2 aromatic rings. The third-order valence-corrected chi connectivity index (χ3v) is 7.07. The molecule has 0 aliphatic carbocycles. The van der Waals surface area contributed by atoms with Crippen molar-refractivity contribution in [3.8, 4) is 0 Å². The lowest BCUT2D eigenvalue weighted by molar-refractivity contribution is -0.00498. The number of aromatic amines is 1. The number of anilines is 1. The summed E-state index contributed by atoms with van der Waals surface area (Å²) in [6, 6.07) is -0.226. The largest absolute Gasteiger partial charge is 0.382 e. The van der Waals surface area contributed by atoms with Crippen molar-refractivity contribution in [1.82, 2.24) is 15.3 Å². The maximum Gasteiger partial charge on any atom is 0.269 e. The molecule has 2 N–H and O–H groups in total. The zero-order chi connectivity index (χ0) is 21.8. The number of hydrogen-bond donors (Lipinski definition) is 2. The monoisotopic (exact) mass is 474 g/mol. The van der Waals surface area contributed by atoms with Crippen LogP contribution in [0.3, 0.4) is 0 Å². The van der Waals surface area contributed by atoms with Gasteiger partial charge in [-0.3, -0.25) is 9.59 Å². The summed E-state index contributed by atoms with van der Waals surface area (Å²) in [6.45, 7) is 5.60. The van der Waals surface area contributed by atoms with Gasteiger partial charge in [0.05, 0.1) is 46.0 Å². The first-order valence-electron chi connectivity index (χ1n) is 9.48. The van der Waals surface area contributed by atoms with Gasteiger partial charge < -0.3 is 24.7 Å². The Hall–Kier alpha value is -1.65. The Labute approximate surface area is 188 Å². The van der Waals surface area contributed by atoms with E-state index in [-0.39, 0.29) is 28.8 Å². The van der Waals surface area contributed by atoms with E-state index in [0.717, 1.165) is 11.4 Å². The van der Waals surface area contributed by atoms with Crippen molar-refractivity contribution in [2.45, 2.75) is 32.4 Å². The summed E-state index contributed by atoms with van der Waals surface area (Å²) in [7, 11) is 1.61. The fourth-order valence-corrected chi connectivity index (χ4v) is 4.65. The van der Waals surface area contributed by atoms with Crippen LogP contribution in [-0.2, 0) is 9.47 Å². The topological polar surface area (TPSA) is 96.6 Å². The lowest BCUT2D eigenvalue weighted by Crippen LogP contribution is -2.55. The highest BCUT2D eigenvalue weighted by molar-refractivity contribution is 7.17. The zero-order valence-corrected chi connectivity index (χ0v) is 19.3. The molecule has 0 radical (unpaired) electrons. The quantitative estimate of drug-likeness (QED) is 0.450. The van der Waals surface area contributed by atoms with Crippen LogP contribution in [0.25, 0.3) is 0 Å². The number of ether oxygens (including phenoxy) is 2. The molecule has 0 bridgehead atoms. The molecule has 1 saturated heterocycles. The molecule has 2 atom stereocenters. The molecular weight excluding hydrogens is 451 g/mol. The number of carbonyl (C=O) groups excluding carboxylic acids is 2. The third-order valence-electron chi connectivity index (χ3n) is 4.97. The van der Waals surface area contributed by atoms with Crippen LogP contribution in [0.15, 0.2) is 0 Å². The summed E-state index contributed by atoms with van der Waals surface area (Å²) in [4.78, 5) is 34.1. The van der Waals surface area contributed by atoms with Crippen LogP contribution in [0.4, 0.5) is 5.13 Å². The number of carbonyl (C=O) groups is 2. The van der Waals surface area contributed by atoms with Gasteiger partial charge in [-0.15, -0.1) is 0 Å². The highest BCUT2D eigenvalue weighted by atomic mass is 35.5. The minimum atomic E-state index is -0.331. The van der Waals surface area contributed by atoms with Gasteiger partial charge in [0, 0.05) is 25.9 Å². The summed E-state index contributed by atoms with van der Waals surface area (Å²) in [6.07, 6.45) is 1.18. The molecule has 0 aromatic carbocycles. The summed E-state index contributed by atoms with van der Waals surface area (Å²) in [5.74, 6) is -0.331. The van der Waals surface area contributed by atoms with Gasteiger partial charge >= 0.3 is 0 Å². The van der Waals surface area contributed by atoms with Crippen LogP contribution in [0, 0.1) is 13.8 Å². The summed E-state index contributed by atoms with van der Waals surface area (Å²) < 4.78 is 11.1. The Kier molecular flexibility index (Phi) is 7.75. The van der Waals surface area contributed by atoms with Crippen LogP contribution in [-0.4, -0.2) is 67.7 Å². The molecule has 11 heteroatoms. The van der Waals surface area contributed by atoms with Crippen molar-refractivity contribution in [2.24, 2.45) is 0 Å². The van der Waals surface area contributed by atoms with Crippen LogP contribution in [0.1, 0.15) is 38.0 Å². The highest BCUT2D eigenvalue weighted by Crippen LogP contribution is 2.30. The molecule has 1 amide bonds. The molecule has 164 valence electrons. The molecule has 0 saturated carbocycles. The number of aldehydes is 1. The predicted molar refractivity (Wildman–Crippen MR) is 117 cm³/mol. The van der Waals surface area contributed by atoms with Crippen molar-refractivity contribution in [1.29, 1.82) is 0 Å². The van der Waals surface area contributed by atoms with E-state index in [4.69, 9.17) is 32.7 Å². The SMILES string of the molecule is COCCOC1CN(c2nc(C)c(C=O)s2)CCC1NC(=O)c1[nH]c(C)c(Cl)c1Cl. The number of thiazole rings is 1. The first-order valence-corrected chi connectivity index (χ1v) is 11.1. The number of amides is 1. The number of aromatic nitrogens is 2. The number of methoxy groups -OCH3 is 1. The summed E-state index contributed by atoms with van der Waals surface area (Å²) in [5.41, 5.74) is 1.59. The minimum Gasteiger partial charge on any atom is -0.382 e. The van der Waals surface area contributed by atoms with E-state index in [2.05, 4.69) is 20.2 Å². The van der Waals surface area contributed by atoms with Gasteiger partial charge in [0.15, 0.2) is 11.4 Å². The maximum atomic E-state index is 12.8. The normalized spacial score (nSPS) is 19.2. The van der Waals surface area contributed by atoms with Gasteiger partial charge in [-0.25, -0.2) is 4.98 Å². The van der Waals surface area contributed by atoms with Crippen molar-refractivity contribution in [3.63, 3.8) is 0 Å². The number of halogens is 2. The molecule has 30 heavy (non-hydrogen) atoms. The Morgan fingerprint density at radius 1 is 1.37 bits per heavy atom. The van der Waals surface area contributed by atoms with Crippen molar-refractivity contribution >= 4 is 51.9 Å². The van der Waals surface area contributed by atoms with E-state index < -0.39 is 0 Å². The van der Waals surface area contributed by atoms with E-state index in [1.165, 1.54) is 11.3 Å². The van der Waals surface area contributed by atoms with Crippen LogP contribution in [0.2, 0.25) is 10.0 Å². The fourth-order valence-electron chi connectivity index (χ4n) is 3.31. The lowest BCUT2D eigenvalue weighted by atomic mass is 10.0. The van der Waals surface area contributed by atoms with Gasteiger partial charge in [0.1, 0.15) is 5.69 Å². The van der Waals surface area contributed by atoms with Crippen molar-refractivity contribution in [3.05, 3.63) is 32.0 Å². The molecule has 2 unspecified atom stereocenters. The second-order valence-corrected chi connectivity index (χ2v) is 8.80. The molecular formula is C19H24Cl2N4O4S. The van der Waals surface area contributed by atoms with E-state index in [0.29, 0.717) is 54.0 Å². The number of piperidine rings is 1. The summed E-state index contributed by atoms with van der Waals surface area (Å²) in [5, 5.41) is 4.34. The Balaban J connectivity index is 1.73. The molecule has 1 fully saturated rings. The van der Waals surface area contributed by atoms with Gasteiger partial charge in [-0.2, -0.15) is 0 Å². The third kappa shape index (κ3) is 4.97. The van der Waals surface area contributed by atoms with Gasteiger partial charge in [-0.1, -0.05) is 34.5 Å². The van der Waals surface area contributed by atoms with Gasteiger partial charge in [-0.05, 0) is 20.3 Å². The Morgan fingerprint density at radius 2 is 2.13 bits per heavy atom. The molecule has 0 spiro atoms. The number of nitrogens with zero attached hydrogens (tertiary/aromatic N) is 2. The van der Waals surface area contributed by atoms with Crippen molar-refractivity contribution < 1.29 is 19.1 Å². The molecule has 8 nitrogen and oxygen atoms in total. The second kappa shape index (κ2) is 10.1. The van der Waals surface area contributed by atoms with E-state index in [9.17, 15) is 9.59 Å². The lowest BCUT2D eigenvalue weighted by Gasteiger charge is -2.38. The number of nitrogens with one attached hydrogen (secondary N) is 2. The maximum absolute atomic E-state index is 12.8. The first-order chi connectivity index (χ1) is 14.3.